The van der Waals surface area contributed by atoms with Gasteiger partial charge in [-0.1, -0.05) is 30.3 Å². The van der Waals surface area contributed by atoms with E-state index in [1.54, 1.807) is 12.1 Å². The lowest BCUT2D eigenvalue weighted by Crippen LogP contribution is -2.16. The monoisotopic (exact) mass is 334 g/mol. The highest BCUT2D eigenvalue weighted by atomic mass is 19.1. The molecule has 1 amide bonds. The molecule has 25 heavy (non-hydrogen) atoms. The van der Waals surface area contributed by atoms with Crippen LogP contribution in [0, 0.1) is 5.82 Å². The number of amides is 1. The summed E-state index contributed by atoms with van der Waals surface area (Å²) in [5, 5.41) is 2.73. The van der Waals surface area contributed by atoms with Crippen LogP contribution in [0.4, 0.5) is 21.5 Å². The van der Waals surface area contributed by atoms with Crippen molar-refractivity contribution >= 4 is 23.0 Å². The van der Waals surface area contributed by atoms with Crippen LogP contribution >= 0.6 is 0 Å². The van der Waals surface area contributed by atoms with Gasteiger partial charge in [-0.25, -0.2) is 4.39 Å². The Bertz CT molecular complexity index is 847. The Hall–Kier alpha value is -3.14. The van der Waals surface area contributed by atoms with Gasteiger partial charge in [-0.3, -0.25) is 4.79 Å². The maximum absolute atomic E-state index is 13.7. The maximum atomic E-state index is 13.7. The molecule has 0 spiro atoms. The Labute approximate surface area is 146 Å². The van der Waals surface area contributed by atoms with Crippen molar-refractivity contribution in [3.8, 4) is 0 Å². The van der Waals surface area contributed by atoms with Gasteiger partial charge in [0.15, 0.2) is 0 Å². The fraction of sp³-hybridized carbons (Fsp3) is 0.0952. The molecule has 0 heterocycles. The number of rotatable bonds is 5. The lowest BCUT2D eigenvalue weighted by atomic mass is 10.2. The highest BCUT2D eigenvalue weighted by molar-refractivity contribution is 6.04. The first kappa shape index (κ1) is 16.7. The zero-order valence-electron chi connectivity index (χ0n) is 13.9. The summed E-state index contributed by atoms with van der Waals surface area (Å²) in [6.45, 7) is 2.91. The van der Waals surface area contributed by atoms with Crippen molar-refractivity contribution in [1.29, 1.82) is 0 Å². The SMILES string of the molecule is CCN(c1ccccc1)c1ccc(NC(=O)c2ccccc2F)cc1. The highest BCUT2D eigenvalue weighted by Gasteiger charge is 2.11. The number of nitrogens with one attached hydrogen (secondary N) is 1. The molecule has 126 valence electrons. The summed E-state index contributed by atoms with van der Waals surface area (Å²) in [5.74, 6) is -0.987. The molecule has 1 N–H and O–H groups in total. The number of hydrogen-bond donors (Lipinski definition) is 1. The molecular weight excluding hydrogens is 315 g/mol. The molecule has 0 aliphatic heterocycles. The summed E-state index contributed by atoms with van der Waals surface area (Å²) < 4.78 is 13.7. The molecule has 3 aromatic carbocycles. The van der Waals surface area contributed by atoms with Crippen molar-refractivity contribution in [3.63, 3.8) is 0 Å². The lowest BCUT2D eigenvalue weighted by molar-refractivity contribution is 0.102. The number of anilines is 3. The minimum atomic E-state index is -0.530. The van der Waals surface area contributed by atoms with E-state index in [9.17, 15) is 9.18 Å². The molecule has 0 atom stereocenters. The molecule has 3 rings (SSSR count). The molecule has 0 saturated carbocycles. The summed E-state index contributed by atoms with van der Waals surface area (Å²) in [7, 11) is 0. The molecule has 3 aromatic rings. The normalized spacial score (nSPS) is 10.3. The Balaban J connectivity index is 1.76. The van der Waals surface area contributed by atoms with Crippen LogP contribution < -0.4 is 10.2 Å². The third kappa shape index (κ3) is 3.86. The minimum absolute atomic E-state index is 0.0334. The van der Waals surface area contributed by atoms with Gasteiger partial charge in [-0.15, -0.1) is 0 Å². The van der Waals surface area contributed by atoms with Crippen LogP contribution in [-0.4, -0.2) is 12.5 Å². The Morgan fingerprint density at radius 3 is 2.12 bits per heavy atom. The average Bonchev–Trinajstić information content (AvgIpc) is 2.65. The molecule has 0 bridgehead atoms. The number of carbonyl (C=O) groups excluding carboxylic acids is 1. The van der Waals surface area contributed by atoms with Crippen molar-refractivity contribution in [1.82, 2.24) is 0 Å². The van der Waals surface area contributed by atoms with Gasteiger partial charge in [0.25, 0.3) is 5.91 Å². The summed E-state index contributed by atoms with van der Waals surface area (Å²) in [6, 6.07) is 23.5. The van der Waals surface area contributed by atoms with Crippen molar-refractivity contribution in [2.45, 2.75) is 6.92 Å². The Morgan fingerprint density at radius 1 is 0.880 bits per heavy atom. The molecule has 0 unspecified atom stereocenters. The zero-order chi connectivity index (χ0) is 17.6. The third-order valence-corrected chi connectivity index (χ3v) is 3.94. The van der Waals surface area contributed by atoms with Crippen molar-refractivity contribution in [2.75, 3.05) is 16.8 Å². The van der Waals surface area contributed by atoms with Crippen molar-refractivity contribution < 1.29 is 9.18 Å². The van der Waals surface area contributed by atoms with Crippen LogP contribution in [-0.2, 0) is 0 Å². The zero-order valence-corrected chi connectivity index (χ0v) is 13.9. The molecule has 3 nitrogen and oxygen atoms in total. The second-order valence-corrected chi connectivity index (χ2v) is 5.56. The number of hydrogen-bond acceptors (Lipinski definition) is 2. The van der Waals surface area contributed by atoms with Gasteiger partial charge in [0, 0.05) is 23.6 Å². The summed E-state index contributed by atoms with van der Waals surface area (Å²) in [6.07, 6.45) is 0. The van der Waals surface area contributed by atoms with Crippen LogP contribution in [0.25, 0.3) is 0 Å². The van der Waals surface area contributed by atoms with E-state index in [4.69, 9.17) is 0 Å². The number of benzene rings is 3. The Morgan fingerprint density at radius 2 is 1.48 bits per heavy atom. The second-order valence-electron chi connectivity index (χ2n) is 5.56. The number of carbonyl (C=O) groups is 1. The van der Waals surface area contributed by atoms with Gasteiger partial charge >= 0.3 is 0 Å². The van der Waals surface area contributed by atoms with Crippen LogP contribution in [0.5, 0.6) is 0 Å². The number of halogens is 1. The molecule has 0 aliphatic carbocycles. The largest absolute Gasteiger partial charge is 0.342 e. The molecule has 0 aliphatic rings. The van der Waals surface area contributed by atoms with Gasteiger partial charge in [-0.05, 0) is 55.5 Å². The minimum Gasteiger partial charge on any atom is -0.342 e. The van der Waals surface area contributed by atoms with Gasteiger partial charge < -0.3 is 10.2 Å². The molecular formula is C21H19FN2O. The first-order valence-electron chi connectivity index (χ1n) is 8.17. The molecule has 0 radical (unpaired) electrons. The van der Waals surface area contributed by atoms with Gasteiger partial charge in [0.2, 0.25) is 0 Å². The van der Waals surface area contributed by atoms with E-state index in [0.717, 1.165) is 17.9 Å². The van der Waals surface area contributed by atoms with E-state index in [2.05, 4.69) is 29.3 Å². The van der Waals surface area contributed by atoms with E-state index in [-0.39, 0.29) is 5.56 Å². The Kier molecular flexibility index (Phi) is 5.09. The predicted molar refractivity (Wildman–Crippen MR) is 99.9 cm³/mol. The van der Waals surface area contributed by atoms with Gasteiger partial charge in [-0.2, -0.15) is 0 Å². The topological polar surface area (TPSA) is 32.3 Å². The number of para-hydroxylation sites is 1. The fourth-order valence-corrected chi connectivity index (χ4v) is 2.69. The first-order valence-corrected chi connectivity index (χ1v) is 8.17. The van der Waals surface area contributed by atoms with Gasteiger partial charge in [0.05, 0.1) is 5.56 Å². The average molecular weight is 334 g/mol. The summed E-state index contributed by atoms with van der Waals surface area (Å²) >= 11 is 0. The second kappa shape index (κ2) is 7.62. The lowest BCUT2D eigenvalue weighted by Gasteiger charge is -2.23. The standard InChI is InChI=1S/C21H19FN2O/c1-2-24(17-8-4-3-5-9-17)18-14-12-16(13-15-18)23-21(25)19-10-6-7-11-20(19)22/h3-15H,2H2,1H3,(H,23,25). The highest BCUT2D eigenvalue weighted by Crippen LogP contribution is 2.26. The first-order chi connectivity index (χ1) is 12.2. The smallest absolute Gasteiger partial charge is 0.258 e. The van der Waals surface area contributed by atoms with Crippen molar-refractivity contribution in [3.05, 3.63) is 90.2 Å². The van der Waals surface area contributed by atoms with Crippen molar-refractivity contribution in [2.24, 2.45) is 0 Å². The summed E-state index contributed by atoms with van der Waals surface area (Å²) in [4.78, 5) is 14.3. The van der Waals surface area contributed by atoms with Crippen LogP contribution in [0.3, 0.4) is 0 Å². The maximum Gasteiger partial charge on any atom is 0.258 e. The molecule has 4 heteroatoms. The fourth-order valence-electron chi connectivity index (χ4n) is 2.69. The third-order valence-electron chi connectivity index (χ3n) is 3.94. The van der Waals surface area contributed by atoms with Crippen LogP contribution in [0.1, 0.15) is 17.3 Å². The molecule has 0 saturated heterocycles. The molecule has 0 aromatic heterocycles. The number of nitrogens with zero attached hydrogens (tertiary/aromatic N) is 1. The van der Waals surface area contributed by atoms with E-state index in [1.807, 2.05) is 42.5 Å². The molecule has 0 fully saturated rings. The van der Waals surface area contributed by atoms with E-state index >= 15 is 0 Å². The van der Waals surface area contributed by atoms with Crippen LogP contribution in [0.2, 0.25) is 0 Å². The predicted octanol–water partition coefficient (Wildman–Crippen LogP) is 5.24. The summed E-state index contributed by atoms with van der Waals surface area (Å²) in [5.41, 5.74) is 2.79. The quantitative estimate of drug-likeness (QED) is 0.692. The van der Waals surface area contributed by atoms with Gasteiger partial charge in [0.1, 0.15) is 5.82 Å². The van der Waals surface area contributed by atoms with E-state index < -0.39 is 11.7 Å². The van der Waals surface area contributed by atoms with E-state index in [1.165, 1.54) is 12.1 Å². The van der Waals surface area contributed by atoms with E-state index in [0.29, 0.717) is 5.69 Å². The van der Waals surface area contributed by atoms with Crippen LogP contribution in [0.15, 0.2) is 78.9 Å².